The number of anilines is 2. The normalized spacial score (nSPS) is 10.8. The number of rotatable bonds is 9. The minimum atomic E-state index is -0.710. The van der Waals surface area contributed by atoms with Gasteiger partial charge in [0.2, 0.25) is 0 Å². The SMILES string of the molecule is CCCCn1c(N)c(N(Cc2ccccc2OC)C(=O)c2ccc(CC)cc2)c(=O)[nH]c1=O. The van der Waals surface area contributed by atoms with E-state index in [4.69, 9.17) is 10.5 Å². The number of nitrogens with two attached hydrogens (primary N) is 1. The standard InChI is InChI=1S/C25H30N4O4/c1-4-6-15-28-22(26)21(23(30)27-25(28)32)29(16-19-9-7-8-10-20(19)33-3)24(31)18-13-11-17(5-2)12-14-18/h7-14H,4-6,15-16,26H2,1-3H3,(H,27,30,32). The van der Waals surface area contributed by atoms with Crippen LogP contribution in [0.15, 0.2) is 58.1 Å². The number of nitrogens with zero attached hydrogens (tertiary/aromatic N) is 2. The highest BCUT2D eigenvalue weighted by molar-refractivity contribution is 6.07. The summed E-state index contributed by atoms with van der Waals surface area (Å²) in [7, 11) is 1.54. The van der Waals surface area contributed by atoms with Crippen LogP contribution < -0.4 is 26.6 Å². The van der Waals surface area contributed by atoms with E-state index in [1.54, 1.807) is 25.3 Å². The predicted molar refractivity (Wildman–Crippen MR) is 130 cm³/mol. The van der Waals surface area contributed by atoms with Gasteiger partial charge in [-0.05, 0) is 36.6 Å². The van der Waals surface area contributed by atoms with Gasteiger partial charge in [-0.25, -0.2) is 4.79 Å². The van der Waals surface area contributed by atoms with Gasteiger partial charge >= 0.3 is 5.69 Å². The monoisotopic (exact) mass is 450 g/mol. The molecule has 1 amide bonds. The number of carbonyl (C=O) groups excluding carboxylic acids is 1. The van der Waals surface area contributed by atoms with Crippen LogP contribution >= 0.6 is 0 Å². The Balaban J connectivity index is 2.17. The van der Waals surface area contributed by atoms with Crippen molar-refractivity contribution >= 4 is 17.4 Å². The molecule has 33 heavy (non-hydrogen) atoms. The molecule has 0 radical (unpaired) electrons. The first-order valence-corrected chi connectivity index (χ1v) is 11.1. The van der Waals surface area contributed by atoms with Gasteiger partial charge in [-0.3, -0.25) is 24.0 Å². The average Bonchev–Trinajstić information content (AvgIpc) is 2.83. The Bertz CT molecular complexity index is 1230. The molecule has 2 aromatic carbocycles. The van der Waals surface area contributed by atoms with Crippen molar-refractivity contribution in [3.8, 4) is 5.75 Å². The van der Waals surface area contributed by atoms with Crippen LogP contribution in [0.25, 0.3) is 0 Å². The molecular formula is C25H30N4O4. The van der Waals surface area contributed by atoms with Crippen LogP contribution in [-0.2, 0) is 19.5 Å². The summed E-state index contributed by atoms with van der Waals surface area (Å²) < 4.78 is 6.75. The minimum absolute atomic E-state index is 0.0365. The molecule has 3 N–H and O–H groups in total. The molecule has 0 aliphatic carbocycles. The number of hydrogen-bond donors (Lipinski definition) is 2. The van der Waals surface area contributed by atoms with Crippen molar-refractivity contribution in [2.75, 3.05) is 17.7 Å². The zero-order valence-electron chi connectivity index (χ0n) is 19.3. The van der Waals surface area contributed by atoms with Crippen LogP contribution in [0.4, 0.5) is 11.5 Å². The number of nitrogen functional groups attached to an aromatic ring is 1. The summed E-state index contributed by atoms with van der Waals surface area (Å²) in [5, 5.41) is 0. The van der Waals surface area contributed by atoms with Gasteiger partial charge in [0.1, 0.15) is 11.6 Å². The molecule has 3 rings (SSSR count). The number of benzene rings is 2. The highest BCUT2D eigenvalue weighted by Crippen LogP contribution is 2.26. The molecule has 8 heteroatoms. The molecule has 1 aromatic heterocycles. The Kier molecular flexibility index (Phi) is 7.71. The van der Waals surface area contributed by atoms with Crippen molar-refractivity contribution in [3.63, 3.8) is 0 Å². The lowest BCUT2D eigenvalue weighted by Crippen LogP contribution is -2.41. The van der Waals surface area contributed by atoms with Gasteiger partial charge in [-0.2, -0.15) is 0 Å². The zero-order valence-corrected chi connectivity index (χ0v) is 19.3. The maximum Gasteiger partial charge on any atom is 0.330 e. The zero-order chi connectivity index (χ0) is 24.0. The quantitative estimate of drug-likeness (QED) is 0.520. The van der Waals surface area contributed by atoms with Crippen molar-refractivity contribution < 1.29 is 9.53 Å². The van der Waals surface area contributed by atoms with Crippen LogP contribution in [0, 0.1) is 0 Å². The van der Waals surface area contributed by atoms with Gasteiger partial charge in [-0.15, -0.1) is 0 Å². The molecule has 0 aliphatic rings. The molecule has 0 atom stereocenters. The van der Waals surface area contributed by atoms with Gasteiger partial charge in [-0.1, -0.05) is 50.6 Å². The van der Waals surface area contributed by atoms with Crippen molar-refractivity contribution in [2.45, 2.75) is 46.2 Å². The molecule has 0 bridgehead atoms. The summed E-state index contributed by atoms with van der Waals surface area (Å²) in [4.78, 5) is 42.6. The number of H-pyrrole nitrogens is 1. The number of aromatic amines is 1. The highest BCUT2D eigenvalue weighted by Gasteiger charge is 2.26. The van der Waals surface area contributed by atoms with E-state index in [1.807, 2.05) is 44.2 Å². The molecule has 0 aliphatic heterocycles. The summed E-state index contributed by atoms with van der Waals surface area (Å²) in [5.74, 6) is 0.137. The topological polar surface area (TPSA) is 110 Å². The van der Waals surface area contributed by atoms with E-state index >= 15 is 0 Å². The number of para-hydroxylation sites is 1. The molecule has 1 heterocycles. The van der Waals surface area contributed by atoms with Crippen molar-refractivity contribution in [2.24, 2.45) is 0 Å². The van der Waals surface area contributed by atoms with E-state index in [0.29, 0.717) is 29.8 Å². The number of unbranched alkanes of at least 4 members (excludes halogenated alkanes) is 1. The molecule has 0 unspecified atom stereocenters. The number of methoxy groups -OCH3 is 1. The minimum Gasteiger partial charge on any atom is -0.496 e. The van der Waals surface area contributed by atoms with Crippen molar-refractivity contribution in [1.82, 2.24) is 9.55 Å². The maximum absolute atomic E-state index is 13.7. The molecule has 0 saturated carbocycles. The second-order valence-corrected chi connectivity index (χ2v) is 7.75. The number of aryl methyl sites for hydroxylation is 1. The Morgan fingerprint density at radius 2 is 1.79 bits per heavy atom. The van der Waals surface area contributed by atoms with E-state index in [-0.39, 0.29) is 18.1 Å². The Hall–Kier alpha value is -3.81. The smallest absolute Gasteiger partial charge is 0.330 e. The van der Waals surface area contributed by atoms with Crippen LogP contribution in [-0.4, -0.2) is 22.6 Å². The fourth-order valence-corrected chi connectivity index (χ4v) is 3.67. The fraction of sp³-hybridized carbons (Fsp3) is 0.320. The summed E-state index contributed by atoms with van der Waals surface area (Å²) in [6.45, 7) is 4.40. The lowest BCUT2D eigenvalue weighted by molar-refractivity contribution is 0.0984. The van der Waals surface area contributed by atoms with Crippen molar-refractivity contribution in [3.05, 3.63) is 86.1 Å². The summed E-state index contributed by atoms with van der Waals surface area (Å²) in [6, 6.07) is 14.5. The summed E-state index contributed by atoms with van der Waals surface area (Å²) >= 11 is 0. The third-order valence-electron chi connectivity index (χ3n) is 5.59. The van der Waals surface area contributed by atoms with Crippen molar-refractivity contribution in [1.29, 1.82) is 0 Å². The molecule has 0 fully saturated rings. The van der Waals surface area contributed by atoms with E-state index < -0.39 is 17.2 Å². The van der Waals surface area contributed by atoms with Crippen LogP contribution in [0.2, 0.25) is 0 Å². The molecule has 0 spiro atoms. The maximum atomic E-state index is 13.7. The Labute approximate surface area is 192 Å². The van der Waals surface area contributed by atoms with E-state index in [0.717, 1.165) is 18.4 Å². The lowest BCUT2D eigenvalue weighted by Gasteiger charge is -2.25. The first-order chi connectivity index (χ1) is 15.9. The first-order valence-electron chi connectivity index (χ1n) is 11.1. The predicted octanol–water partition coefficient (Wildman–Crippen LogP) is 3.34. The molecular weight excluding hydrogens is 420 g/mol. The molecule has 0 saturated heterocycles. The lowest BCUT2D eigenvalue weighted by atomic mass is 10.1. The molecule has 8 nitrogen and oxygen atoms in total. The van der Waals surface area contributed by atoms with Crippen LogP contribution in [0.5, 0.6) is 5.75 Å². The van der Waals surface area contributed by atoms with Gasteiger partial charge in [0.05, 0.1) is 13.7 Å². The second kappa shape index (κ2) is 10.7. The number of carbonyl (C=O) groups is 1. The van der Waals surface area contributed by atoms with E-state index in [2.05, 4.69) is 4.98 Å². The van der Waals surface area contributed by atoms with Gasteiger partial charge in [0.25, 0.3) is 11.5 Å². The van der Waals surface area contributed by atoms with Crippen LogP contribution in [0.3, 0.4) is 0 Å². The van der Waals surface area contributed by atoms with Gasteiger partial charge in [0, 0.05) is 17.7 Å². The third-order valence-corrected chi connectivity index (χ3v) is 5.59. The molecule has 174 valence electrons. The summed E-state index contributed by atoms with van der Waals surface area (Å²) in [5.41, 5.74) is 7.17. The Morgan fingerprint density at radius 1 is 1.09 bits per heavy atom. The first kappa shape index (κ1) is 23.8. The number of amides is 1. The van der Waals surface area contributed by atoms with E-state index in [1.165, 1.54) is 9.47 Å². The number of aromatic nitrogens is 2. The number of hydrogen-bond acceptors (Lipinski definition) is 5. The number of ether oxygens (including phenoxy) is 1. The van der Waals surface area contributed by atoms with Gasteiger partial charge < -0.3 is 10.5 Å². The summed E-state index contributed by atoms with van der Waals surface area (Å²) in [6.07, 6.45) is 2.39. The van der Waals surface area contributed by atoms with Gasteiger partial charge in [0.15, 0.2) is 5.69 Å². The van der Waals surface area contributed by atoms with Crippen LogP contribution in [0.1, 0.15) is 48.2 Å². The Morgan fingerprint density at radius 3 is 2.42 bits per heavy atom. The largest absolute Gasteiger partial charge is 0.496 e. The van der Waals surface area contributed by atoms with E-state index in [9.17, 15) is 14.4 Å². The highest BCUT2D eigenvalue weighted by atomic mass is 16.5. The average molecular weight is 451 g/mol. The fourth-order valence-electron chi connectivity index (χ4n) is 3.67. The second-order valence-electron chi connectivity index (χ2n) is 7.75. The molecule has 3 aromatic rings. The number of nitrogens with one attached hydrogen (secondary N) is 1. The third kappa shape index (κ3) is 5.16.